The molecule has 1 aliphatic heterocycles. The number of methoxy groups -OCH3 is 1. The van der Waals surface area contributed by atoms with Crippen LogP contribution in [-0.4, -0.2) is 66.9 Å². The first kappa shape index (κ1) is 41.1. The van der Waals surface area contributed by atoms with E-state index in [-0.39, 0.29) is 63.0 Å². The van der Waals surface area contributed by atoms with Gasteiger partial charge in [0.25, 0.3) is 16.7 Å². The number of benzene rings is 3. The van der Waals surface area contributed by atoms with Gasteiger partial charge in [-0.2, -0.15) is 4.98 Å². The summed E-state index contributed by atoms with van der Waals surface area (Å²) in [4.78, 5) is 83.1. The van der Waals surface area contributed by atoms with Gasteiger partial charge in [-0.15, -0.1) is 0 Å². The number of aromatic nitrogens is 4. The molecule has 3 heterocycles. The smallest absolute Gasteiger partial charge is 0.339 e. The zero-order valence-corrected chi connectivity index (χ0v) is 33.8. The molecular weight excluding hydrogens is 823 g/mol. The van der Waals surface area contributed by atoms with Crippen molar-refractivity contribution in [2.24, 2.45) is 14.1 Å². The van der Waals surface area contributed by atoms with Crippen LogP contribution < -0.4 is 26.0 Å². The summed E-state index contributed by atoms with van der Waals surface area (Å²) in [6.45, 7) is 1.61. The van der Waals surface area contributed by atoms with Crippen molar-refractivity contribution in [3.63, 3.8) is 0 Å². The second kappa shape index (κ2) is 17.3. The number of carbonyl (C=O) groups is 4. The first-order chi connectivity index (χ1) is 27.2. The normalized spacial score (nSPS) is 13.5. The van der Waals surface area contributed by atoms with Crippen LogP contribution in [0.2, 0.25) is 15.1 Å². The number of hydrogen-bond donors (Lipinski definition) is 1. The maximum atomic E-state index is 13.4. The van der Waals surface area contributed by atoms with E-state index >= 15 is 0 Å². The summed E-state index contributed by atoms with van der Waals surface area (Å²) in [5.41, 5.74) is 0.292. The molecule has 0 spiro atoms. The van der Waals surface area contributed by atoms with Crippen LogP contribution in [-0.2, 0) is 35.0 Å². The van der Waals surface area contributed by atoms with E-state index in [2.05, 4.69) is 10.3 Å². The molecule has 3 aromatic carbocycles. The van der Waals surface area contributed by atoms with Crippen LogP contribution in [0.25, 0.3) is 17.2 Å². The molecule has 1 fully saturated rings. The Morgan fingerprint density at radius 1 is 0.930 bits per heavy atom. The Morgan fingerprint density at radius 2 is 1.70 bits per heavy atom. The van der Waals surface area contributed by atoms with E-state index in [1.165, 1.54) is 54.6 Å². The molecule has 0 unspecified atom stereocenters. The van der Waals surface area contributed by atoms with Crippen molar-refractivity contribution in [2.75, 3.05) is 25.6 Å². The summed E-state index contributed by atoms with van der Waals surface area (Å²) in [6, 6.07) is 13.8. The number of amides is 3. The number of rotatable bonds is 13. The summed E-state index contributed by atoms with van der Waals surface area (Å²) >= 11 is 19.4. The molecule has 0 radical (unpaired) electrons. The molecule has 19 heteroatoms. The number of carbonyl (C=O) groups excluding carboxylic acids is 4. The number of imidazole rings is 1. The van der Waals surface area contributed by atoms with Crippen LogP contribution in [0.5, 0.6) is 17.5 Å². The molecule has 0 saturated carbocycles. The fourth-order valence-electron chi connectivity index (χ4n) is 5.71. The lowest BCUT2D eigenvalue weighted by Gasteiger charge is -2.14. The minimum Gasteiger partial charge on any atom is -0.493 e. The highest BCUT2D eigenvalue weighted by molar-refractivity contribution is 8.18. The number of hydrogen-bond acceptors (Lipinski definition) is 11. The zero-order chi connectivity index (χ0) is 41.1. The summed E-state index contributed by atoms with van der Waals surface area (Å²) in [5.74, 6) is -1.66. The number of unbranched alkanes of at least 4 members (excludes halogenated alkanes) is 1. The van der Waals surface area contributed by atoms with E-state index < -0.39 is 40.8 Å². The summed E-state index contributed by atoms with van der Waals surface area (Å²) in [6.07, 6.45) is 2.98. The number of anilines is 1. The van der Waals surface area contributed by atoms with Gasteiger partial charge in [-0.25, -0.2) is 9.59 Å². The van der Waals surface area contributed by atoms with Gasteiger partial charge in [-0.05, 0) is 77.9 Å². The summed E-state index contributed by atoms with van der Waals surface area (Å²) in [5, 5.41) is 2.81. The van der Waals surface area contributed by atoms with E-state index in [9.17, 15) is 28.8 Å². The van der Waals surface area contributed by atoms with Crippen LogP contribution in [0.15, 0.2) is 69.1 Å². The number of nitrogens with zero attached hydrogens (tertiary/aromatic N) is 5. The van der Waals surface area contributed by atoms with Crippen molar-refractivity contribution in [3.8, 4) is 17.5 Å². The molecule has 15 nitrogen and oxygen atoms in total. The highest BCUT2D eigenvalue weighted by atomic mass is 35.5. The topological polar surface area (TPSA) is 173 Å². The van der Waals surface area contributed by atoms with Crippen LogP contribution in [0.1, 0.15) is 41.3 Å². The fourth-order valence-corrected chi connectivity index (χ4v) is 7.21. The quantitative estimate of drug-likeness (QED) is 0.0744. The van der Waals surface area contributed by atoms with Crippen LogP contribution in [0.4, 0.5) is 10.5 Å². The van der Waals surface area contributed by atoms with Gasteiger partial charge < -0.3 is 19.5 Å². The molecule has 0 bridgehead atoms. The standard InChI is InChI=1S/C38H33Cl3N6O9S/c1-5-6-13-55-35(51)24-17-23(10-11-25(24)40)42-30(48)19-47-33(49)29(57-38(47)53)15-20-7-12-27(28(14-20)54-4)56-36-43-32-31(34(50)45(3)37(52)44(32)2)46(36)18-21-8-9-22(39)16-26(21)41/h7-12,14-17H,5-6,13,18-19H2,1-4H3,(H,42,48)/b29-15-. The molecule has 1 saturated heterocycles. The number of thioether (sulfide) groups is 1. The van der Waals surface area contributed by atoms with Gasteiger partial charge in [-0.3, -0.25) is 37.8 Å². The number of esters is 1. The largest absolute Gasteiger partial charge is 0.493 e. The Hall–Kier alpha value is -5.55. The number of aryl methyl sites for hydroxylation is 1. The van der Waals surface area contributed by atoms with Crippen molar-refractivity contribution in [1.29, 1.82) is 0 Å². The molecule has 0 atom stereocenters. The molecular formula is C38H33Cl3N6O9S. The van der Waals surface area contributed by atoms with E-state index in [1.54, 1.807) is 36.4 Å². The van der Waals surface area contributed by atoms with Crippen LogP contribution in [0.3, 0.4) is 0 Å². The number of nitrogens with one attached hydrogen (secondary N) is 1. The summed E-state index contributed by atoms with van der Waals surface area (Å²) in [7, 11) is 4.23. The van der Waals surface area contributed by atoms with E-state index in [0.717, 1.165) is 15.9 Å². The van der Waals surface area contributed by atoms with Crippen molar-refractivity contribution in [2.45, 2.75) is 26.3 Å². The molecule has 6 rings (SSSR count). The third-order valence-electron chi connectivity index (χ3n) is 8.72. The first-order valence-corrected chi connectivity index (χ1v) is 19.1. The summed E-state index contributed by atoms with van der Waals surface area (Å²) < 4.78 is 20.7. The minimum atomic E-state index is -0.697. The van der Waals surface area contributed by atoms with Gasteiger partial charge in [0.15, 0.2) is 22.7 Å². The third kappa shape index (κ3) is 8.73. The van der Waals surface area contributed by atoms with Crippen LogP contribution >= 0.6 is 46.6 Å². The molecule has 1 aliphatic rings. The zero-order valence-electron chi connectivity index (χ0n) is 30.8. The van der Waals surface area contributed by atoms with Crippen molar-refractivity contribution in [1.82, 2.24) is 23.6 Å². The second-order valence-electron chi connectivity index (χ2n) is 12.6. The average molecular weight is 856 g/mol. The van der Waals surface area contributed by atoms with E-state index in [0.29, 0.717) is 39.4 Å². The predicted octanol–water partition coefficient (Wildman–Crippen LogP) is 6.88. The molecule has 57 heavy (non-hydrogen) atoms. The first-order valence-electron chi connectivity index (χ1n) is 17.2. The molecule has 5 aromatic rings. The molecule has 0 aliphatic carbocycles. The highest BCUT2D eigenvalue weighted by Gasteiger charge is 2.36. The Kier molecular flexibility index (Phi) is 12.5. The Labute approximate surface area is 343 Å². The lowest BCUT2D eigenvalue weighted by atomic mass is 10.2. The third-order valence-corrected chi connectivity index (χ3v) is 10.5. The Balaban J connectivity index is 1.22. The fraction of sp³-hybridized carbons (Fsp3) is 0.237. The highest BCUT2D eigenvalue weighted by Crippen LogP contribution is 2.37. The molecule has 296 valence electrons. The molecule has 1 N–H and O–H groups in total. The van der Waals surface area contributed by atoms with Gasteiger partial charge in [-0.1, -0.05) is 60.3 Å². The Bertz CT molecular complexity index is 2620. The van der Waals surface area contributed by atoms with Crippen molar-refractivity contribution in [3.05, 3.63) is 112 Å². The second-order valence-corrected chi connectivity index (χ2v) is 14.9. The maximum Gasteiger partial charge on any atom is 0.339 e. The number of halogens is 3. The van der Waals surface area contributed by atoms with Crippen LogP contribution in [0, 0.1) is 0 Å². The number of ether oxygens (including phenoxy) is 3. The lowest BCUT2D eigenvalue weighted by molar-refractivity contribution is -0.127. The molecule has 2 aromatic heterocycles. The SMILES string of the molecule is CCCCOC(=O)c1cc(NC(=O)CN2C(=O)S/C(=C\c3ccc(Oc4nc5c(c(=O)n(C)c(=O)n5C)n4Cc4ccc(Cl)cc4Cl)c(OC)c3)C2=O)ccc1Cl. The number of fused-ring (bicyclic) bond motifs is 1. The van der Waals surface area contributed by atoms with Gasteiger partial charge in [0.05, 0.1) is 35.8 Å². The number of imide groups is 1. The van der Waals surface area contributed by atoms with Gasteiger partial charge in [0.2, 0.25) is 5.91 Å². The van der Waals surface area contributed by atoms with Gasteiger partial charge in [0, 0.05) is 29.8 Å². The van der Waals surface area contributed by atoms with Crippen molar-refractivity contribution < 1.29 is 33.4 Å². The average Bonchev–Trinajstić information content (AvgIpc) is 3.66. The van der Waals surface area contributed by atoms with Crippen molar-refractivity contribution >= 4 is 92.5 Å². The van der Waals surface area contributed by atoms with E-state index in [4.69, 9.17) is 49.0 Å². The minimum absolute atomic E-state index is 0.0260. The van der Waals surface area contributed by atoms with Gasteiger partial charge in [0.1, 0.15) is 6.54 Å². The maximum absolute atomic E-state index is 13.4. The monoisotopic (exact) mass is 854 g/mol. The molecule has 3 amide bonds. The lowest BCUT2D eigenvalue weighted by Crippen LogP contribution is -2.37. The van der Waals surface area contributed by atoms with E-state index in [1.807, 2.05) is 6.92 Å². The van der Waals surface area contributed by atoms with Gasteiger partial charge >= 0.3 is 17.7 Å². The predicted molar refractivity (Wildman–Crippen MR) is 217 cm³/mol. The Morgan fingerprint density at radius 3 is 2.42 bits per heavy atom.